The zero-order valence-electron chi connectivity index (χ0n) is 16.5. The number of methoxy groups -OCH3 is 4. The Morgan fingerprint density at radius 1 is 0.862 bits per heavy atom. The van der Waals surface area contributed by atoms with Gasteiger partial charge in [0.2, 0.25) is 5.78 Å². The van der Waals surface area contributed by atoms with Gasteiger partial charge in [-0.2, -0.15) is 0 Å². The molecule has 0 saturated carbocycles. The summed E-state index contributed by atoms with van der Waals surface area (Å²) in [4.78, 5) is 24.2. The van der Waals surface area contributed by atoms with Crippen LogP contribution in [0.1, 0.15) is 15.9 Å². The molecule has 0 atom stereocenters. The summed E-state index contributed by atoms with van der Waals surface area (Å²) in [6.45, 7) is -0.563. The summed E-state index contributed by atoms with van der Waals surface area (Å²) >= 11 is 0. The second-order valence-electron chi connectivity index (χ2n) is 5.66. The minimum absolute atomic E-state index is 0.00848. The Balaban J connectivity index is 2.09. The lowest BCUT2D eigenvalue weighted by molar-refractivity contribution is -0.136. The standard InChI is InChI=1S/C21H21FO7/c1-25-17-7-6-14(22)10-15(17)16(23)12-29-21(24)8-5-13-9-19(27-3)20(28-4)11-18(13)26-2/h5-11H,12H2,1-4H3/b8-5+. The lowest BCUT2D eigenvalue weighted by Gasteiger charge is -2.12. The number of hydrogen-bond acceptors (Lipinski definition) is 7. The average Bonchev–Trinajstić information content (AvgIpc) is 2.75. The highest BCUT2D eigenvalue weighted by Gasteiger charge is 2.15. The van der Waals surface area contributed by atoms with Crippen LogP contribution in [0.3, 0.4) is 0 Å². The molecule has 0 aliphatic heterocycles. The van der Waals surface area contributed by atoms with E-state index in [4.69, 9.17) is 23.7 Å². The van der Waals surface area contributed by atoms with Gasteiger partial charge in [0.1, 0.15) is 17.3 Å². The number of benzene rings is 2. The lowest BCUT2D eigenvalue weighted by atomic mass is 10.1. The molecule has 8 heteroatoms. The second-order valence-corrected chi connectivity index (χ2v) is 5.66. The first-order valence-corrected chi connectivity index (χ1v) is 8.45. The van der Waals surface area contributed by atoms with Crippen LogP contribution in [0.25, 0.3) is 6.08 Å². The van der Waals surface area contributed by atoms with Gasteiger partial charge in [0.05, 0.1) is 34.0 Å². The first-order chi connectivity index (χ1) is 13.9. The van der Waals surface area contributed by atoms with Crippen molar-refractivity contribution in [1.29, 1.82) is 0 Å². The normalized spacial score (nSPS) is 10.5. The molecule has 7 nitrogen and oxygen atoms in total. The maximum Gasteiger partial charge on any atom is 0.331 e. The summed E-state index contributed by atoms with van der Waals surface area (Å²) in [7, 11) is 5.81. The summed E-state index contributed by atoms with van der Waals surface area (Å²) in [5, 5.41) is 0. The molecule has 0 N–H and O–H groups in total. The predicted octanol–water partition coefficient (Wildman–Crippen LogP) is 3.30. The molecule has 0 radical (unpaired) electrons. The minimum atomic E-state index is -0.759. The molecule has 2 aromatic rings. The number of ketones is 1. The molecule has 0 heterocycles. The molecule has 0 unspecified atom stereocenters. The van der Waals surface area contributed by atoms with E-state index in [1.807, 2.05) is 0 Å². The third-order valence-corrected chi connectivity index (χ3v) is 3.94. The Morgan fingerprint density at radius 3 is 2.10 bits per heavy atom. The number of carbonyl (C=O) groups excluding carboxylic acids is 2. The number of hydrogen-bond donors (Lipinski definition) is 0. The molecule has 0 fully saturated rings. The monoisotopic (exact) mass is 404 g/mol. The van der Waals surface area contributed by atoms with Gasteiger partial charge in [-0.15, -0.1) is 0 Å². The van der Waals surface area contributed by atoms with Crippen molar-refractivity contribution in [1.82, 2.24) is 0 Å². The summed E-state index contributed by atoms with van der Waals surface area (Å²) in [5.41, 5.74) is 0.533. The molecule has 2 aromatic carbocycles. The van der Waals surface area contributed by atoms with Gasteiger partial charge in [-0.3, -0.25) is 4.79 Å². The van der Waals surface area contributed by atoms with Crippen molar-refractivity contribution in [2.24, 2.45) is 0 Å². The van der Waals surface area contributed by atoms with E-state index in [0.29, 0.717) is 22.8 Å². The number of ether oxygens (including phenoxy) is 5. The Morgan fingerprint density at radius 2 is 1.48 bits per heavy atom. The van der Waals surface area contributed by atoms with Crippen molar-refractivity contribution in [3.8, 4) is 23.0 Å². The molecular formula is C21H21FO7. The lowest BCUT2D eigenvalue weighted by Crippen LogP contribution is -2.13. The van der Waals surface area contributed by atoms with E-state index in [1.54, 1.807) is 12.1 Å². The molecule has 0 aliphatic rings. The van der Waals surface area contributed by atoms with Crippen LogP contribution in [0.15, 0.2) is 36.4 Å². The van der Waals surface area contributed by atoms with Gasteiger partial charge < -0.3 is 23.7 Å². The third kappa shape index (κ3) is 5.47. The number of esters is 1. The Labute approximate surface area is 167 Å². The third-order valence-electron chi connectivity index (χ3n) is 3.94. The SMILES string of the molecule is COc1cc(OC)c(OC)cc1/C=C/C(=O)OCC(=O)c1cc(F)ccc1OC. The van der Waals surface area contributed by atoms with Crippen molar-refractivity contribution in [2.45, 2.75) is 0 Å². The number of halogens is 1. The number of Topliss-reactive ketones (excluding diaryl/α,β-unsaturated/α-hetero) is 1. The van der Waals surface area contributed by atoms with E-state index in [0.717, 1.165) is 12.1 Å². The zero-order chi connectivity index (χ0) is 21.4. The first-order valence-electron chi connectivity index (χ1n) is 8.45. The van der Waals surface area contributed by atoms with Crippen molar-refractivity contribution in [2.75, 3.05) is 35.0 Å². The van der Waals surface area contributed by atoms with Crippen LogP contribution in [-0.2, 0) is 9.53 Å². The van der Waals surface area contributed by atoms with Crippen LogP contribution in [0, 0.1) is 5.82 Å². The van der Waals surface area contributed by atoms with Gasteiger partial charge in [0.15, 0.2) is 18.1 Å². The quantitative estimate of drug-likeness (QED) is 0.360. The fourth-order valence-corrected chi connectivity index (χ4v) is 2.50. The molecule has 0 saturated heterocycles. The summed E-state index contributed by atoms with van der Waals surface area (Å²) in [6.07, 6.45) is 2.59. The summed E-state index contributed by atoms with van der Waals surface area (Å²) in [5.74, 6) is -0.378. The van der Waals surface area contributed by atoms with E-state index >= 15 is 0 Å². The molecule has 29 heavy (non-hydrogen) atoms. The van der Waals surface area contributed by atoms with Crippen molar-refractivity contribution in [3.63, 3.8) is 0 Å². The summed E-state index contributed by atoms with van der Waals surface area (Å²) < 4.78 is 39.0. The number of rotatable bonds is 9. The van der Waals surface area contributed by atoms with Crippen LogP contribution in [-0.4, -0.2) is 46.8 Å². The van der Waals surface area contributed by atoms with E-state index in [-0.39, 0.29) is 11.3 Å². The molecular weight excluding hydrogens is 383 g/mol. The highest BCUT2D eigenvalue weighted by Crippen LogP contribution is 2.35. The fraction of sp³-hybridized carbons (Fsp3) is 0.238. The maximum absolute atomic E-state index is 13.4. The van der Waals surface area contributed by atoms with Crippen LogP contribution in [0.4, 0.5) is 4.39 Å². The number of carbonyl (C=O) groups is 2. The second kappa shape index (κ2) is 10.1. The highest BCUT2D eigenvalue weighted by atomic mass is 19.1. The Kier molecular flexibility index (Phi) is 7.59. The van der Waals surface area contributed by atoms with E-state index < -0.39 is 24.2 Å². The average molecular weight is 404 g/mol. The van der Waals surface area contributed by atoms with Gasteiger partial charge in [0.25, 0.3) is 0 Å². The minimum Gasteiger partial charge on any atom is -0.496 e. The van der Waals surface area contributed by atoms with Crippen LogP contribution < -0.4 is 18.9 Å². The highest BCUT2D eigenvalue weighted by molar-refractivity contribution is 6.01. The van der Waals surface area contributed by atoms with Crippen LogP contribution in [0.2, 0.25) is 0 Å². The van der Waals surface area contributed by atoms with E-state index in [2.05, 4.69) is 0 Å². The van der Waals surface area contributed by atoms with Gasteiger partial charge in [0, 0.05) is 17.7 Å². The molecule has 0 amide bonds. The van der Waals surface area contributed by atoms with Crippen molar-refractivity contribution >= 4 is 17.8 Å². The van der Waals surface area contributed by atoms with Crippen LogP contribution >= 0.6 is 0 Å². The summed E-state index contributed by atoms with van der Waals surface area (Å²) in [6, 6.07) is 6.77. The fourth-order valence-electron chi connectivity index (χ4n) is 2.50. The molecule has 0 aliphatic carbocycles. The first kappa shape index (κ1) is 21.7. The Hall–Kier alpha value is -3.55. The molecule has 0 bridgehead atoms. The van der Waals surface area contributed by atoms with Gasteiger partial charge in [-0.1, -0.05) is 0 Å². The predicted molar refractivity (Wildman–Crippen MR) is 103 cm³/mol. The maximum atomic E-state index is 13.4. The van der Waals surface area contributed by atoms with Crippen LogP contribution in [0.5, 0.6) is 23.0 Å². The smallest absolute Gasteiger partial charge is 0.331 e. The Bertz CT molecular complexity index is 921. The molecule has 0 spiro atoms. The molecule has 154 valence electrons. The van der Waals surface area contributed by atoms with E-state index in [9.17, 15) is 14.0 Å². The van der Waals surface area contributed by atoms with E-state index in [1.165, 1.54) is 46.6 Å². The zero-order valence-corrected chi connectivity index (χ0v) is 16.5. The largest absolute Gasteiger partial charge is 0.496 e. The van der Waals surface area contributed by atoms with Crippen molar-refractivity contribution < 1.29 is 37.7 Å². The van der Waals surface area contributed by atoms with Crippen molar-refractivity contribution in [3.05, 3.63) is 53.4 Å². The molecule has 2 rings (SSSR count). The van der Waals surface area contributed by atoms with Gasteiger partial charge in [-0.25, -0.2) is 9.18 Å². The molecule has 0 aromatic heterocycles. The van der Waals surface area contributed by atoms with Gasteiger partial charge >= 0.3 is 5.97 Å². The topological polar surface area (TPSA) is 80.3 Å². The van der Waals surface area contributed by atoms with Gasteiger partial charge in [-0.05, 0) is 30.3 Å².